The topological polar surface area (TPSA) is 0 Å². The van der Waals surface area contributed by atoms with Gasteiger partial charge in [0.25, 0.3) is 0 Å². The van der Waals surface area contributed by atoms with Crippen molar-refractivity contribution in [2.24, 2.45) is 0 Å². The van der Waals surface area contributed by atoms with Crippen LogP contribution < -0.4 is 0 Å². The standard InChI is InChI=1S/C12H15ClS2/c13-11(10-5-2-1-3-6-10)9-12-14-7-4-8-15-12/h1-3,5-6,11-12H,4,7-9H2. The zero-order valence-electron chi connectivity index (χ0n) is 8.56. The fraction of sp³-hybridized carbons (Fsp3) is 0.500. The fourth-order valence-corrected chi connectivity index (χ4v) is 5.12. The van der Waals surface area contributed by atoms with Gasteiger partial charge in [-0.2, -0.15) is 0 Å². The number of alkyl halides is 1. The smallest absolute Gasteiger partial charge is 0.0603 e. The quantitative estimate of drug-likeness (QED) is 0.730. The molecule has 1 unspecified atom stereocenters. The van der Waals surface area contributed by atoms with Crippen molar-refractivity contribution in [2.45, 2.75) is 22.8 Å². The molecule has 2 rings (SSSR count). The van der Waals surface area contributed by atoms with Crippen molar-refractivity contribution in [2.75, 3.05) is 11.5 Å². The molecule has 0 saturated carbocycles. The van der Waals surface area contributed by atoms with Crippen LogP contribution in [0.5, 0.6) is 0 Å². The Balaban J connectivity index is 1.88. The molecule has 82 valence electrons. The average Bonchev–Trinajstić information content (AvgIpc) is 2.31. The van der Waals surface area contributed by atoms with E-state index in [1.54, 1.807) is 0 Å². The molecule has 15 heavy (non-hydrogen) atoms. The SMILES string of the molecule is ClC(CC1SCCCS1)c1ccccc1. The largest absolute Gasteiger partial charge is 0.148 e. The Morgan fingerprint density at radius 2 is 1.87 bits per heavy atom. The molecule has 0 spiro atoms. The molecule has 0 radical (unpaired) electrons. The third kappa shape index (κ3) is 3.61. The van der Waals surface area contributed by atoms with E-state index in [0.29, 0.717) is 4.58 Å². The highest BCUT2D eigenvalue weighted by atomic mass is 35.5. The van der Waals surface area contributed by atoms with Gasteiger partial charge >= 0.3 is 0 Å². The van der Waals surface area contributed by atoms with E-state index >= 15 is 0 Å². The van der Waals surface area contributed by atoms with E-state index in [9.17, 15) is 0 Å². The molecule has 1 aliphatic rings. The summed E-state index contributed by atoms with van der Waals surface area (Å²) < 4.78 is 0.696. The molecule has 0 aliphatic carbocycles. The van der Waals surface area contributed by atoms with Crippen molar-refractivity contribution in [3.05, 3.63) is 35.9 Å². The molecular formula is C12H15ClS2. The van der Waals surface area contributed by atoms with Crippen LogP contribution in [0, 0.1) is 0 Å². The monoisotopic (exact) mass is 258 g/mol. The maximum atomic E-state index is 6.41. The van der Waals surface area contributed by atoms with Crippen molar-refractivity contribution in [3.8, 4) is 0 Å². The van der Waals surface area contributed by atoms with Crippen LogP contribution in [-0.4, -0.2) is 16.1 Å². The summed E-state index contributed by atoms with van der Waals surface area (Å²) in [6.45, 7) is 0. The van der Waals surface area contributed by atoms with Crippen LogP contribution in [-0.2, 0) is 0 Å². The highest BCUT2D eigenvalue weighted by Gasteiger charge is 2.19. The van der Waals surface area contributed by atoms with Crippen molar-refractivity contribution in [3.63, 3.8) is 0 Å². The number of hydrogen-bond acceptors (Lipinski definition) is 2. The second kappa shape index (κ2) is 6.07. The number of rotatable bonds is 3. The van der Waals surface area contributed by atoms with E-state index in [1.807, 2.05) is 6.07 Å². The van der Waals surface area contributed by atoms with E-state index in [4.69, 9.17) is 11.6 Å². The number of hydrogen-bond donors (Lipinski definition) is 0. The molecule has 0 bridgehead atoms. The lowest BCUT2D eigenvalue weighted by atomic mass is 10.1. The molecule has 0 nitrogen and oxygen atoms in total. The van der Waals surface area contributed by atoms with Gasteiger partial charge in [0.2, 0.25) is 0 Å². The normalized spacial score (nSPS) is 20.1. The third-order valence-corrected chi connectivity index (χ3v) is 5.88. The lowest BCUT2D eigenvalue weighted by Crippen LogP contribution is -2.09. The molecule has 1 aromatic carbocycles. The summed E-state index contributed by atoms with van der Waals surface area (Å²) in [4.78, 5) is 0. The minimum Gasteiger partial charge on any atom is -0.148 e. The molecule has 1 aliphatic heterocycles. The summed E-state index contributed by atoms with van der Waals surface area (Å²) in [6.07, 6.45) is 2.44. The molecule has 0 aromatic heterocycles. The maximum absolute atomic E-state index is 6.41. The Hall–Kier alpha value is 0.210. The van der Waals surface area contributed by atoms with Gasteiger partial charge in [-0.15, -0.1) is 35.1 Å². The summed E-state index contributed by atoms with van der Waals surface area (Å²) >= 11 is 10.5. The zero-order chi connectivity index (χ0) is 10.5. The molecule has 3 heteroatoms. The van der Waals surface area contributed by atoms with Gasteiger partial charge in [-0.3, -0.25) is 0 Å². The van der Waals surface area contributed by atoms with Crippen LogP contribution >= 0.6 is 35.1 Å². The van der Waals surface area contributed by atoms with E-state index < -0.39 is 0 Å². The van der Waals surface area contributed by atoms with Gasteiger partial charge in [-0.05, 0) is 29.9 Å². The van der Waals surface area contributed by atoms with Crippen LogP contribution in [0.3, 0.4) is 0 Å². The zero-order valence-corrected chi connectivity index (χ0v) is 11.0. The Labute approximate surface area is 105 Å². The lowest BCUT2D eigenvalue weighted by Gasteiger charge is -2.23. The predicted octanol–water partition coefficient (Wildman–Crippen LogP) is 4.55. The van der Waals surface area contributed by atoms with E-state index in [2.05, 4.69) is 47.8 Å². The molecule has 1 saturated heterocycles. The Bertz CT molecular complexity index is 283. The molecule has 0 amide bonds. The van der Waals surface area contributed by atoms with Crippen molar-refractivity contribution < 1.29 is 0 Å². The third-order valence-electron chi connectivity index (χ3n) is 2.46. The van der Waals surface area contributed by atoms with Crippen LogP contribution in [0.25, 0.3) is 0 Å². The maximum Gasteiger partial charge on any atom is 0.0603 e. The first-order chi connectivity index (χ1) is 7.36. The number of thioether (sulfide) groups is 2. The molecule has 1 heterocycles. The van der Waals surface area contributed by atoms with Crippen LogP contribution in [0.4, 0.5) is 0 Å². The minimum atomic E-state index is 0.175. The summed E-state index contributed by atoms with van der Waals surface area (Å²) in [7, 11) is 0. The van der Waals surface area contributed by atoms with E-state index in [0.717, 1.165) is 6.42 Å². The van der Waals surface area contributed by atoms with Crippen molar-refractivity contribution in [1.29, 1.82) is 0 Å². The number of benzene rings is 1. The van der Waals surface area contributed by atoms with Gasteiger partial charge in [0.15, 0.2) is 0 Å². The first-order valence-corrected chi connectivity index (χ1v) is 7.82. The van der Waals surface area contributed by atoms with Gasteiger partial charge in [0, 0.05) is 0 Å². The average molecular weight is 259 g/mol. The molecule has 1 aromatic rings. The fourth-order valence-electron chi connectivity index (χ4n) is 1.64. The first-order valence-electron chi connectivity index (χ1n) is 5.28. The summed E-state index contributed by atoms with van der Waals surface area (Å²) in [5, 5.41) is 0.175. The molecule has 0 N–H and O–H groups in total. The lowest BCUT2D eigenvalue weighted by molar-refractivity contribution is 0.861. The minimum absolute atomic E-state index is 0.175. The number of halogens is 1. The highest BCUT2D eigenvalue weighted by molar-refractivity contribution is 8.17. The van der Waals surface area contributed by atoms with Gasteiger partial charge in [-0.1, -0.05) is 30.3 Å². The van der Waals surface area contributed by atoms with Crippen LogP contribution in [0.15, 0.2) is 30.3 Å². The van der Waals surface area contributed by atoms with E-state index in [-0.39, 0.29) is 5.38 Å². The first kappa shape index (κ1) is 11.7. The van der Waals surface area contributed by atoms with Gasteiger partial charge in [-0.25, -0.2) is 0 Å². The summed E-state index contributed by atoms with van der Waals surface area (Å²) in [5.41, 5.74) is 1.26. The molecule has 1 fully saturated rings. The Kier molecular flexibility index (Phi) is 4.73. The van der Waals surface area contributed by atoms with Crippen molar-refractivity contribution >= 4 is 35.1 Å². The second-order valence-electron chi connectivity index (χ2n) is 3.64. The molecular weight excluding hydrogens is 244 g/mol. The summed E-state index contributed by atoms with van der Waals surface area (Å²) in [6, 6.07) is 10.4. The van der Waals surface area contributed by atoms with Gasteiger partial charge in [0.05, 0.1) is 9.96 Å². The van der Waals surface area contributed by atoms with E-state index in [1.165, 1.54) is 23.5 Å². The molecule has 1 atom stereocenters. The second-order valence-corrected chi connectivity index (χ2v) is 7.09. The Morgan fingerprint density at radius 3 is 2.53 bits per heavy atom. The van der Waals surface area contributed by atoms with Crippen LogP contribution in [0.1, 0.15) is 23.8 Å². The van der Waals surface area contributed by atoms with Crippen LogP contribution in [0.2, 0.25) is 0 Å². The summed E-state index contributed by atoms with van der Waals surface area (Å²) in [5.74, 6) is 2.60. The van der Waals surface area contributed by atoms with Crippen molar-refractivity contribution in [1.82, 2.24) is 0 Å². The highest BCUT2D eigenvalue weighted by Crippen LogP contribution is 2.38. The predicted molar refractivity (Wildman–Crippen MR) is 73.0 cm³/mol. The van der Waals surface area contributed by atoms with Gasteiger partial charge in [0.1, 0.15) is 0 Å². The Morgan fingerprint density at radius 1 is 1.20 bits per heavy atom. The van der Waals surface area contributed by atoms with Gasteiger partial charge < -0.3 is 0 Å².